The largest absolute Gasteiger partial charge is 0.361 e. The van der Waals surface area contributed by atoms with E-state index in [2.05, 4.69) is 4.98 Å². The molecule has 0 amide bonds. The van der Waals surface area contributed by atoms with Crippen molar-refractivity contribution in [3.8, 4) is 0 Å². The van der Waals surface area contributed by atoms with Crippen molar-refractivity contribution in [1.29, 1.82) is 0 Å². The standard InChI is InChI=1S/C16H10F3NO/c17-12-8-14(19)13(18)7-11(12)16(21)6-9-1-2-15-10(5-9)3-4-20-15/h1-5,7-8,20H,6H2. The highest BCUT2D eigenvalue weighted by atomic mass is 19.2. The van der Waals surface area contributed by atoms with Crippen molar-refractivity contribution in [2.75, 3.05) is 0 Å². The minimum absolute atomic E-state index is 0.0802. The predicted octanol–water partition coefficient (Wildman–Crippen LogP) is 4.01. The van der Waals surface area contributed by atoms with Crippen molar-refractivity contribution < 1.29 is 18.0 Å². The summed E-state index contributed by atoms with van der Waals surface area (Å²) in [5, 5.41) is 0.922. The van der Waals surface area contributed by atoms with E-state index in [9.17, 15) is 18.0 Å². The first-order valence-corrected chi connectivity index (χ1v) is 6.28. The van der Waals surface area contributed by atoms with Crippen LogP contribution in [0, 0.1) is 17.5 Å². The summed E-state index contributed by atoms with van der Waals surface area (Å²) in [6, 6.07) is 8.16. The first-order valence-electron chi connectivity index (χ1n) is 6.28. The molecule has 0 aliphatic heterocycles. The van der Waals surface area contributed by atoms with Crippen LogP contribution >= 0.6 is 0 Å². The molecule has 0 saturated carbocycles. The zero-order valence-corrected chi connectivity index (χ0v) is 10.8. The number of rotatable bonds is 3. The van der Waals surface area contributed by atoms with E-state index in [1.165, 1.54) is 0 Å². The molecule has 0 fully saturated rings. The zero-order valence-electron chi connectivity index (χ0n) is 10.8. The lowest BCUT2D eigenvalue weighted by Gasteiger charge is -2.04. The van der Waals surface area contributed by atoms with Crippen LogP contribution in [0.25, 0.3) is 10.9 Å². The van der Waals surface area contributed by atoms with Gasteiger partial charge in [0, 0.05) is 24.2 Å². The number of aromatic amines is 1. The van der Waals surface area contributed by atoms with Gasteiger partial charge in [-0.15, -0.1) is 0 Å². The van der Waals surface area contributed by atoms with Gasteiger partial charge in [-0.1, -0.05) is 6.07 Å². The number of carbonyl (C=O) groups excluding carboxylic acids is 1. The maximum absolute atomic E-state index is 13.6. The van der Waals surface area contributed by atoms with Crippen molar-refractivity contribution in [3.05, 3.63) is 71.2 Å². The number of hydrogen-bond donors (Lipinski definition) is 1. The Balaban J connectivity index is 1.90. The number of carbonyl (C=O) groups is 1. The summed E-state index contributed by atoms with van der Waals surface area (Å²) in [6.07, 6.45) is 1.69. The highest BCUT2D eigenvalue weighted by Crippen LogP contribution is 2.19. The maximum Gasteiger partial charge on any atom is 0.170 e. The number of H-pyrrole nitrogens is 1. The second-order valence-electron chi connectivity index (χ2n) is 4.75. The summed E-state index contributed by atoms with van der Waals surface area (Å²) >= 11 is 0. The van der Waals surface area contributed by atoms with Crippen molar-refractivity contribution in [3.63, 3.8) is 0 Å². The SMILES string of the molecule is O=C(Cc1ccc2[nH]ccc2c1)c1cc(F)c(F)cc1F. The average Bonchev–Trinajstić information content (AvgIpc) is 2.90. The van der Waals surface area contributed by atoms with Crippen LogP contribution in [0.4, 0.5) is 13.2 Å². The molecular formula is C16H10F3NO. The van der Waals surface area contributed by atoms with Crippen LogP contribution in [0.15, 0.2) is 42.6 Å². The molecule has 3 rings (SSSR count). The fourth-order valence-corrected chi connectivity index (χ4v) is 2.23. The molecule has 0 aliphatic rings. The number of hydrogen-bond acceptors (Lipinski definition) is 1. The third-order valence-electron chi connectivity index (χ3n) is 3.29. The molecule has 21 heavy (non-hydrogen) atoms. The van der Waals surface area contributed by atoms with Gasteiger partial charge in [-0.25, -0.2) is 13.2 Å². The van der Waals surface area contributed by atoms with Gasteiger partial charge in [0.2, 0.25) is 0 Å². The second-order valence-corrected chi connectivity index (χ2v) is 4.75. The van der Waals surface area contributed by atoms with Gasteiger partial charge < -0.3 is 4.98 Å². The van der Waals surface area contributed by atoms with Crippen molar-refractivity contribution in [2.45, 2.75) is 6.42 Å². The molecule has 1 N–H and O–H groups in total. The quantitative estimate of drug-likeness (QED) is 0.573. The normalized spacial score (nSPS) is 11.0. The summed E-state index contributed by atoms with van der Waals surface area (Å²) < 4.78 is 39.5. The first kappa shape index (κ1) is 13.4. The van der Waals surface area contributed by atoms with Gasteiger partial charge >= 0.3 is 0 Å². The summed E-state index contributed by atoms with van der Waals surface area (Å²) in [6.45, 7) is 0. The molecule has 0 spiro atoms. The average molecular weight is 289 g/mol. The summed E-state index contributed by atoms with van der Waals surface area (Å²) in [4.78, 5) is 15.1. The minimum atomic E-state index is -1.31. The Bertz CT molecular complexity index is 839. The number of halogens is 3. The van der Waals surface area contributed by atoms with Gasteiger partial charge in [0.15, 0.2) is 17.4 Å². The number of fused-ring (bicyclic) bond motifs is 1. The Morgan fingerprint density at radius 1 is 0.952 bits per heavy atom. The molecule has 0 aliphatic carbocycles. The van der Waals surface area contributed by atoms with E-state index in [-0.39, 0.29) is 6.42 Å². The molecule has 106 valence electrons. The van der Waals surface area contributed by atoms with Crippen molar-refractivity contribution in [2.24, 2.45) is 0 Å². The molecule has 1 aromatic heterocycles. The first-order chi connectivity index (χ1) is 10.0. The lowest BCUT2D eigenvalue weighted by atomic mass is 10.0. The lowest BCUT2D eigenvalue weighted by molar-refractivity contribution is 0.0988. The third-order valence-corrected chi connectivity index (χ3v) is 3.29. The van der Waals surface area contributed by atoms with E-state index < -0.39 is 28.8 Å². The van der Waals surface area contributed by atoms with Crippen LogP contribution in [0.3, 0.4) is 0 Å². The zero-order chi connectivity index (χ0) is 15.0. The molecule has 0 bridgehead atoms. The molecule has 3 aromatic rings. The highest BCUT2D eigenvalue weighted by molar-refractivity contribution is 5.98. The van der Waals surface area contributed by atoms with Crippen LogP contribution in [-0.4, -0.2) is 10.8 Å². The Hall–Kier alpha value is -2.56. The third kappa shape index (κ3) is 2.54. The van der Waals surface area contributed by atoms with E-state index >= 15 is 0 Å². The van der Waals surface area contributed by atoms with E-state index in [1.807, 2.05) is 6.07 Å². The molecule has 0 unspecified atom stereocenters. The predicted molar refractivity (Wildman–Crippen MR) is 72.6 cm³/mol. The van der Waals surface area contributed by atoms with Gasteiger partial charge in [0.1, 0.15) is 5.82 Å². The van der Waals surface area contributed by atoms with Crippen LogP contribution in [-0.2, 0) is 6.42 Å². The molecule has 1 heterocycles. The summed E-state index contributed by atoms with van der Waals surface area (Å²) in [5.74, 6) is -4.19. The molecule has 0 radical (unpaired) electrons. The Kier molecular flexibility index (Phi) is 3.25. The van der Waals surface area contributed by atoms with Crippen LogP contribution < -0.4 is 0 Å². The van der Waals surface area contributed by atoms with E-state index in [0.717, 1.165) is 10.9 Å². The molecule has 2 nitrogen and oxygen atoms in total. The lowest BCUT2D eigenvalue weighted by Crippen LogP contribution is -2.07. The fraction of sp³-hybridized carbons (Fsp3) is 0.0625. The minimum Gasteiger partial charge on any atom is -0.361 e. The summed E-state index contributed by atoms with van der Waals surface area (Å²) in [7, 11) is 0. The van der Waals surface area contributed by atoms with Crippen LogP contribution in [0.5, 0.6) is 0 Å². The number of ketones is 1. The van der Waals surface area contributed by atoms with Crippen LogP contribution in [0.1, 0.15) is 15.9 Å². The number of benzene rings is 2. The number of Topliss-reactive ketones (excluding diaryl/α,β-unsaturated/α-hetero) is 1. The molecule has 2 aromatic carbocycles. The van der Waals surface area contributed by atoms with E-state index in [0.29, 0.717) is 17.7 Å². The maximum atomic E-state index is 13.6. The van der Waals surface area contributed by atoms with Crippen LogP contribution in [0.2, 0.25) is 0 Å². The Morgan fingerprint density at radius 3 is 2.52 bits per heavy atom. The van der Waals surface area contributed by atoms with E-state index in [1.54, 1.807) is 24.4 Å². The number of nitrogens with one attached hydrogen (secondary N) is 1. The smallest absolute Gasteiger partial charge is 0.170 e. The van der Waals surface area contributed by atoms with Crippen molar-refractivity contribution >= 4 is 16.7 Å². The molecular weight excluding hydrogens is 279 g/mol. The van der Waals surface area contributed by atoms with Gasteiger partial charge in [0.05, 0.1) is 5.56 Å². The molecule has 5 heteroatoms. The van der Waals surface area contributed by atoms with Gasteiger partial charge in [-0.2, -0.15) is 0 Å². The van der Waals surface area contributed by atoms with Gasteiger partial charge in [0.25, 0.3) is 0 Å². The monoisotopic (exact) mass is 289 g/mol. The molecule has 0 atom stereocenters. The second kappa shape index (κ2) is 5.09. The summed E-state index contributed by atoms with van der Waals surface area (Å²) in [5.41, 5.74) is 1.16. The highest BCUT2D eigenvalue weighted by Gasteiger charge is 2.16. The van der Waals surface area contributed by atoms with Crippen molar-refractivity contribution in [1.82, 2.24) is 4.98 Å². The topological polar surface area (TPSA) is 32.9 Å². The van der Waals surface area contributed by atoms with E-state index in [4.69, 9.17) is 0 Å². The van der Waals surface area contributed by atoms with Gasteiger partial charge in [-0.05, 0) is 35.2 Å². The number of aromatic nitrogens is 1. The Labute approximate surface area is 118 Å². The van der Waals surface area contributed by atoms with Gasteiger partial charge in [-0.3, -0.25) is 4.79 Å². The Morgan fingerprint density at radius 2 is 1.71 bits per heavy atom. The fourth-order valence-electron chi connectivity index (χ4n) is 2.23. The molecule has 0 saturated heterocycles.